The molecule has 0 atom stereocenters. The Hall–Kier alpha value is -1.52. The van der Waals surface area contributed by atoms with E-state index >= 15 is 0 Å². The van der Waals surface area contributed by atoms with Crippen LogP contribution in [-0.4, -0.2) is 5.91 Å². The number of rotatable bonds is 4. The Morgan fingerprint density at radius 3 is 2.65 bits per heavy atom. The number of primary amides is 1. The normalized spacial score (nSPS) is 10.3. The van der Waals surface area contributed by atoms with Crippen LogP contribution in [0.3, 0.4) is 0 Å². The summed E-state index contributed by atoms with van der Waals surface area (Å²) in [5.41, 5.74) is 7.48. The number of halogens is 2. The van der Waals surface area contributed by atoms with E-state index in [9.17, 15) is 4.79 Å². The number of hydrogen-bond acceptors (Lipinski definition) is 2. The third-order valence-electron chi connectivity index (χ3n) is 2.86. The van der Waals surface area contributed by atoms with Gasteiger partial charge in [0.2, 0.25) is 5.91 Å². The minimum absolute atomic E-state index is 0.332. The fourth-order valence-electron chi connectivity index (χ4n) is 1.69. The molecule has 2 aromatic rings. The van der Waals surface area contributed by atoms with Crippen molar-refractivity contribution in [1.29, 1.82) is 0 Å². The van der Waals surface area contributed by atoms with Gasteiger partial charge >= 0.3 is 0 Å². The Kier molecular flexibility index (Phi) is 4.68. The maximum absolute atomic E-state index is 11.0. The zero-order valence-corrected chi connectivity index (χ0v) is 13.2. The van der Waals surface area contributed by atoms with Crippen LogP contribution in [0.1, 0.15) is 21.5 Å². The highest BCUT2D eigenvalue weighted by molar-refractivity contribution is 9.10. The first kappa shape index (κ1) is 14.9. The molecule has 2 rings (SSSR count). The minimum Gasteiger partial charge on any atom is -0.489 e. The predicted molar refractivity (Wildman–Crippen MR) is 83.2 cm³/mol. The molecule has 0 saturated heterocycles. The minimum atomic E-state index is -0.497. The van der Waals surface area contributed by atoms with E-state index in [0.717, 1.165) is 21.3 Å². The van der Waals surface area contributed by atoms with Crippen LogP contribution in [0.2, 0.25) is 5.02 Å². The smallest absolute Gasteiger partial charge is 0.248 e. The van der Waals surface area contributed by atoms with Crippen LogP contribution >= 0.6 is 27.5 Å². The van der Waals surface area contributed by atoms with Crippen molar-refractivity contribution < 1.29 is 9.53 Å². The molecule has 20 heavy (non-hydrogen) atoms. The van der Waals surface area contributed by atoms with E-state index in [0.29, 0.717) is 17.2 Å². The highest BCUT2D eigenvalue weighted by Gasteiger charge is 2.07. The average molecular weight is 355 g/mol. The van der Waals surface area contributed by atoms with Crippen molar-refractivity contribution in [2.24, 2.45) is 5.73 Å². The molecule has 0 aliphatic rings. The molecular weight excluding hydrogens is 342 g/mol. The molecule has 2 aromatic carbocycles. The molecule has 0 spiro atoms. The second-order valence-corrected chi connectivity index (χ2v) is 5.63. The van der Waals surface area contributed by atoms with E-state index in [1.54, 1.807) is 18.2 Å². The van der Waals surface area contributed by atoms with Crippen LogP contribution in [0.5, 0.6) is 5.75 Å². The van der Waals surface area contributed by atoms with Gasteiger partial charge < -0.3 is 10.5 Å². The summed E-state index contributed by atoms with van der Waals surface area (Å²) >= 11 is 9.54. The molecule has 5 heteroatoms. The van der Waals surface area contributed by atoms with Crippen LogP contribution in [0.25, 0.3) is 0 Å². The van der Waals surface area contributed by atoms with Crippen LogP contribution in [-0.2, 0) is 6.61 Å². The molecular formula is C15H13BrClNO2. The number of carbonyl (C=O) groups is 1. The van der Waals surface area contributed by atoms with Gasteiger partial charge in [0.1, 0.15) is 12.4 Å². The van der Waals surface area contributed by atoms with E-state index in [-0.39, 0.29) is 0 Å². The van der Waals surface area contributed by atoms with Crippen LogP contribution in [0.15, 0.2) is 40.9 Å². The van der Waals surface area contributed by atoms with Gasteiger partial charge in [-0.25, -0.2) is 0 Å². The number of ether oxygens (including phenoxy) is 1. The summed E-state index contributed by atoms with van der Waals surface area (Å²) in [6, 6.07) is 10.7. The lowest BCUT2D eigenvalue weighted by Gasteiger charge is -2.09. The summed E-state index contributed by atoms with van der Waals surface area (Å²) in [5.74, 6) is 0.267. The van der Waals surface area contributed by atoms with Gasteiger partial charge in [-0.1, -0.05) is 33.6 Å². The van der Waals surface area contributed by atoms with Crippen molar-refractivity contribution >= 4 is 33.4 Å². The summed E-state index contributed by atoms with van der Waals surface area (Å²) in [6.07, 6.45) is 0. The van der Waals surface area contributed by atoms with Crippen molar-refractivity contribution in [1.82, 2.24) is 0 Å². The van der Waals surface area contributed by atoms with Gasteiger partial charge in [-0.2, -0.15) is 0 Å². The fraction of sp³-hybridized carbons (Fsp3) is 0.133. The van der Waals surface area contributed by atoms with Crippen LogP contribution in [0.4, 0.5) is 0 Å². The summed E-state index contributed by atoms with van der Waals surface area (Å²) in [7, 11) is 0. The van der Waals surface area contributed by atoms with E-state index < -0.39 is 5.91 Å². The third kappa shape index (κ3) is 3.52. The maximum Gasteiger partial charge on any atom is 0.248 e. The largest absolute Gasteiger partial charge is 0.489 e. The molecule has 0 aromatic heterocycles. The fourth-order valence-corrected chi connectivity index (χ4v) is 2.17. The molecule has 0 radical (unpaired) electrons. The van der Waals surface area contributed by atoms with Gasteiger partial charge in [0, 0.05) is 20.6 Å². The Labute approximate surface area is 130 Å². The second kappa shape index (κ2) is 6.29. The number of benzene rings is 2. The first-order valence-corrected chi connectivity index (χ1v) is 7.11. The van der Waals surface area contributed by atoms with E-state index in [1.807, 2.05) is 25.1 Å². The van der Waals surface area contributed by atoms with Crippen LogP contribution in [0, 0.1) is 6.92 Å². The standard InChI is InChI=1S/C15H13BrClNO2/c1-9-6-12(4-5-13(9)16)20-8-11-3-2-10(15(18)19)7-14(11)17/h2-7H,8H2,1H3,(H2,18,19). The lowest BCUT2D eigenvalue weighted by Crippen LogP contribution is -2.11. The summed E-state index contributed by atoms with van der Waals surface area (Å²) in [6.45, 7) is 2.32. The lowest BCUT2D eigenvalue weighted by molar-refractivity contribution is 0.1000. The predicted octanol–water partition coefficient (Wildman–Crippen LogP) is 4.09. The molecule has 0 aliphatic carbocycles. The molecule has 3 nitrogen and oxygen atoms in total. The number of hydrogen-bond donors (Lipinski definition) is 1. The van der Waals surface area contributed by atoms with E-state index in [1.165, 1.54) is 0 Å². The molecule has 2 N–H and O–H groups in total. The van der Waals surface area contributed by atoms with E-state index in [2.05, 4.69) is 15.9 Å². The highest BCUT2D eigenvalue weighted by atomic mass is 79.9. The summed E-state index contributed by atoms with van der Waals surface area (Å²) in [4.78, 5) is 11.0. The monoisotopic (exact) mass is 353 g/mol. The molecule has 0 bridgehead atoms. The summed E-state index contributed by atoms with van der Waals surface area (Å²) in [5, 5.41) is 0.468. The van der Waals surface area contributed by atoms with Crippen molar-refractivity contribution in [3.8, 4) is 5.75 Å². The summed E-state index contributed by atoms with van der Waals surface area (Å²) < 4.78 is 6.72. The van der Waals surface area contributed by atoms with Crippen molar-refractivity contribution in [2.45, 2.75) is 13.5 Å². The van der Waals surface area contributed by atoms with E-state index in [4.69, 9.17) is 22.1 Å². The topological polar surface area (TPSA) is 52.3 Å². The maximum atomic E-state index is 11.0. The number of aryl methyl sites for hydroxylation is 1. The number of nitrogens with two attached hydrogens (primary N) is 1. The Bertz CT molecular complexity index is 658. The molecule has 0 unspecified atom stereocenters. The second-order valence-electron chi connectivity index (χ2n) is 4.37. The molecule has 0 fully saturated rings. The molecule has 1 amide bonds. The first-order chi connectivity index (χ1) is 9.47. The zero-order chi connectivity index (χ0) is 14.7. The molecule has 104 valence electrons. The molecule has 0 saturated carbocycles. The molecule has 0 aliphatic heterocycles. The van der Waals surface area contributed by atoms with Gasteiger partial charge in [0.15, 0.2) is 0 Å². The van der Waals surface area contributed by atoms with Crippen molar-refractivity contribution in [2.75, 3.05) is 0 Å². The quantitative estimate of drug-likeness (QED) is 0.899. The third-order valence-corrected chi connectivity index (χ3v) is 4.10. The van der Waals surface area contributed by atoms with Gasteiger partial charge in [-0.15, -0.1) is 0 Å². The number of amides is 1. The Morgan fingerprint density at radius 1 is 1.30 bits per heavy atom. The van der Waals surface area contributed by atoms with Gasteiger partial charge in [0.05, 0.1) is 0 Å². The SMILES string of the molecule is Cc1cc(OCc2ccc(C(N)=O)cc2Cl)ccc1Br. The number of carbonyl (C=O) groups excluding carboxylic acids is 1. The lowest BCUT2D eigenvalue weighted by atomic mass is 10.1. The molecule has 0 heterocycles. The van der Waals surface area contributed by atoms with Gasteiger partial charge in [-0.05, 0) is 42.8 Å². The Balaban J connectivity index is 2.10. The highest BCUT2D eigenvalue weighted by Crippen LogP contribution is 2.24. The first-order valence-electron chi connectivity index (χ1n) is 5.94. The van der Waals surface area contributed by atoms with Gasteiger partial charge in [-0.3, -0.25) is 4.79 Å². The van der Waals surface area contributed by atoms with Crippen molar-refractivity contribution in [3.05, 3.63) is 62.6 Å². The van der Waals surface area contributed by atoms with Crippen molar-refractivity contribution in [3.63, 3.8) is 0 Å². The average Bonchev–Trinajstić information content (AvgIpc) is 2.41. The van der Waals surface area contributed by atoms with Gasteiger partial charge in [0.25, 0.3) is 0 Å². The van der Waals surface area contributed by atoms with Crippen LogP contribution < -0.4 is 10.5 Å². The Morgan fingerprint density at radius 2 is 2.05 bits per heavy atom. The zero-order valence-electron chi connectivity index (χ0n) is 10.8.